The van der Waals surface area contributed by atoms with E-state index >= 15 is 0 Å². The van der Waals surface area contributed by atoms with Gasteiger partial charge < -0.3 is 14.0 Å². The maximum Gasteiger partial charge on any atom is 0.243 e. The summed E-state index contributed by atoms with van der Waals surface area (Å²) in [7, 11) is -1.85. The molecule has 1 saturated heterocycles. The molecule has 186 valence electrons. The van der Waals surface area contributed by atoms with Crippen molar-refractivity contribution in [2.45, 2.75) is 43.0 Å². The van der Waals surface area contributed by atoms with Gasteiger partial charge in [0.1, 0.15) is 5.75 Å². The summed E-state index contributed by atoms with van der Waals surface area (Å²) in [5.74, 6) is 0.808. The minimum absolute atomic E-state index is 0.325. The molecular formula is C26H31N3O4S2. The van der Waals surface area contributed by atoms with Crippen molar-refractivity contribution in [3.8, 4) is 17.0 Å². The zero-order valence-corrected chi connectivity index (χ0v) is 21.6. The van der Waals surface area contributed by atoms with Crippen LogP contribution in [0.5, 0.6) is 5.75 Å². The van der Waals surface area contributed by atoms with E-state index in [0.717, 1.165) is 40.3 Å². The topological polar surface area (TPSA) is 73.1 Å². The number of nitrogens with zero attached hydrogens (tertiary/aromatic N) is 3. The van der Waals surface area contributed by atoms with Crippen molar-refractivity contribution in [1.82, 2.24) is 8.87 Å². The van der Waals surface area contributed by atoms with Crippen molar-refractivity contribution in [3.63, 3.8) is 0 Å². The van der Waals surface area contributed by atoms with Crippen LogP contribution in [0.25, 0.3) is 11.3 Å². The van der Waals surface area contributed by atoms with Gasteiger partial charge in [-0.15, -0.1) is 11.3 Å². The molecule has 3 aromatic rings. The summed E-state index contributed by atoms with van der Waals surface area (Å²) >= 11 is 1.63. The standard InChI is InChI=1S/C26H31N3O4S2/c1-32-23-11-9-21(10-12-23)27-26-29(22-5-3-2-4-6-22)25(19-34-26)20-7-13-24(14-8-20)35(30,31)28-15-17-33-18-16-28/h7-14,19,22H,2-6,15-18H2,1H3. The number of methoxy groups -OCH3 is 1. The number of aromatic nitrogens is 1. The first-order valence-corrected chi connectivity index (χ1v) is 14.5. The zero-order chi connectivity index (χ0) is 24.3. The number of morpholine rings is 1. The van der Waals surface area contributed by atoms with Crippen LogP contribution in [0.4, 0.5) is 5.69 Å². The van der Waals surface area contributed by atoms with E-state index in [2.05, 4.69) is 9.95 Å². The third-order valence-corrected chi connectivity index (χ3v) is 9.49. The predicted molar refractivity (Wildman–Crippen MR) is 138 cm³/mol. The Morgan fingerprint density at radius 1 is 0.971 bits per heavy atom. The summed E-state index contributed by atoms with van der Waals surface area (Å²) < 4.78 is 40.5. The summed E-state index contributed by atoms with van der Waals surface area (Å²) in [6.45, 7) is 1.67. The molecule has 2 aliphatic rings. The third kappa shape index (κ3) is 5.23. The Hall–Kier alpha value is -2.46. The highest BCUT2D eigenvalue weighted by atomic mass is 32.2. The molecule has 0 spiro atoms. The van der Waals surface area contributed by atoms with Gasteiger partial charge in [-0.3, -0.25) is 0 Å². The van der Waals surface area contributed by atoms with Gasteiger partial charge in [0.25, 0.3) is 0 Å². The van der Waals surface area contributed by atoms with Gasteiger partial charge in [0, 0.05) is 24.5 Å². The zero-order valence-electron chi connectivity index (χ0n) is 19.9. The van der Waals surface area contributed by atoms with Gasteiger partial charge in [0.05, 0.1) is 36.6 Å². The maximum atomic E-state index is 13.0. The van der Waals surface area contributed by atoms with Crippen molar-refractivity contribution in [1.29, 1.82) is 0 Å². The van der Waals surface area contributed by atoms with Crippen LogP contribution in [-0.4, -0.2) is 50.7 Å². The van der Waals surface area contributed by atoms with Crippen LogP contribution in [-0.2, 0) is 14.8 Å². The quantitative estimate of drug-likeness (QED) is 0.466. The second-order valence-electron chi connectivity index (χ2n) is 8.92. The van der Waals surface area contributed by atoms with E-state index in [0.29, 0.717) is 37.2 Å². The molecule has 2 fully saturated rings. The number of rotatable bonds is 6. The van der Waals surface area contributed by atoms with Gasteiger partial charge in [-0.2, -0.15) is 4.31 Å². The fraction of sp³-hybridized carbons (Fsp3) is 0.423. The summed E-state index contributed by atoms with van der Waals surface area (Å²) in [5.41, 5.74) is 2.98. The molecule has 7 nitrogen and oxygen atoms in total. The van der Waals surface area contributed by atoms with E-state index in [-0.39, 0.29) is 0 Å². The van der Waals surface area contributed by atoms with E-state index in [4.69, 9.17) is 14.5 Å². The van der Waals surface area contributed by atoms with Gasteiger partial charge in [-0.1, -0.05) is 31.4 Å². The van der Waals surface area contributed by atoms with Crippen LogP contribution in [0, 0.1) is 0 Å². The lowest BCUT2D eigenvalue weighted by molar-refractivity contribution is 0.0730. The summed E-state index contributed by atoms with van der Waals surface area (Å²) in [6, 6.07) is 15.5. The Kier molecular flexibility index (Phi) is 7.38. The average molecular weight is 514 g/mol. The van der Waals surface area contributed by atoms with Gasteiger partial charge in [-0.05, 0) is 54.8 Å². The molecule has 0 unspecified atom stereocenters. The lowest BCUT2D eigenvalue weighted by Gasteiger charge is -2.26. The highest BCUT2D eigenvalue weighted by Gasteiger charge is 2.26. The number of hydrogen-bond donors (Lipinski definition) is 0. The Morgan fingerprint density at radius 3 is 2.31 bits per heavy atom. The highest BCUT2D eigenvalue weighted by Crippen LogP contribution is 2.33. The normalized spacial score (nSPS) is 18.6. The summed E-state index contributed by atoms with van der Waals surface area (Å²) in [4.78, 5) is 6.25. The van der Waals surface area contributed by atoms with E-state index in [1.807, 2.05) is 36.4 Å². The van der Waals surface area contributed by atoms with Crippen LogP contribution in [0.3, 0.4) is 0 Å². The van der Waals surface area contributed by atoms with Crippen molar-refractivity contribution < 1.29 is 17.9 Å². The Bertz CT molecular complexity index is 1300. The van der Waals surface area contributed by atoms with E-state index in [1.54, 1.807) is 30.6 Å². The van der Waals surface area contributed by atoms with Crippen LogP contribution in [0.2, 0.25) is 0 Å². The lowest BCUT2D eigenvalue weighted by atomic mass is 9.95. The van der Waals surface area contributed by atoms with Crippen molar-refractivity contribution in [3.05, 3.63) is 58.7 Å². The molecule has 1 aliphatic heterocycles. The molecule has 1 aliphatic carbocycles. The Labute approximate surface area is 210 Å². The largest absolute Gasteiger partial charge is 0.497 e. The molecule has 0 radical (unpaired) electrons. The van der Waals surface area contributed by atoms with Crippen LogP contribution >= 0.6 is 11.3 Å². The fourth-order valence-corrected chi connectivity index (χ4v) is 7.20. The van der Waals surface area contributed by atoms with E-state index in [1.165, 1.54) is 23.6 Å². The molecule has 9 heteroatoms. The van der Waals surface area contributed by atoms with Crippen molar-refractivity contribution >= 4 is 27.0 Å². The SMILES string of the molecule is COc1ccc(N=c2scc(-c3ccc(S(=O)(=O)N4CCOCC4)cc3)n2C2CCCCC2)cc1. The highest BCUT2D eigenvalue weighted by molar-refractivity contribution is 7.89. The first-order chi connectivity index (χ1) is 17.1. The smallest absolute Gasteiger partial charge is 0.243 e. The number of hydrogen-bond acceptors (Lipinski definition) is 6. The van der Waals surface area contributed by atoms with E-state index < -0.39 is 10.0 Å². The minimum Gasteiger partial charge on any atom is -0.497 e. The number of sulfonamides is 1. The van der Waals surface area contributed by atoms with Crippen LogP contribution < -0.4 is 9.54 Å². The molecule has 1 saturated carbocycles. The van der Waals surface area contributed by atoms with E-state index in [9.17, 15) is 8.42 Å². The second kappa shape index (κ2) is 10.7. The summed E-state index contributed by atoms with van der Waals surface area (Å²) in [5, 5.41) is 2.14. The minimum atomic E-state index is -3.51. The van der Waals surface area contributed by atoms with Crippen LogP contribution in [0.15, 0.2) is 63.8 Å². The monoisotopic (exact) mass is 513 g/mol. The molecule has 35 heavy (non-hydrogen) atoms. The summed E-state index contributed by atoms with van der Waals surface area (Å²) in [6.07, 6.45) is 5.96. The molecule has 0 bridgehead atoms. The second-order valence-corrected chi connectivity index (χ2v) is 11.7. The third-order valence-electron chi connectivity index (χ3n) is 6.74. The number of ether oxygens (including phenoxy) is 2. The lowest BCUT2D eigenvalue weighted by Crippen LogP contribution is -2.40. The Balaban J connectivity index is 1.51. The van der Waals surface area contributed by atoms with Crippen molar-refractivity contribution in [2.75, 3.05) is 33.4 Å². The molecule has 0 amide bonds. The molecule has 1 aromatic heterocycles. The number of thiazole rings is 1. The molecule has 0 N–H and O–H groups in total. The molecule has 0 atom stereocenters. The Morgan fingerprint density at radius 2 is 1.66 bits per heavy atom. The molecular weight excluding hydrogens is 482 g/mol. The van der Waals surface area contributed by atoms with Gasteiger partial charge >= 0.3 is 0 Å². The molecule has 2 aromatic carbocycles. The van der Waals surface area contributed by atoms with Gasteiger partial charge in [0.2, 0.25) is 10.0 Å². The molecule has 5 rings (SSSR count). The van der Waals surface area contributed by atoms with Crippen molar-refractivity contribution in [2.24, 2.45) is 4.99 Å². The van der Waals surface area contributed by atoms with Gasteiger partial charge in [-0.25, -0.2) is 13.4 Å². The van der Waals surface area contributed by atoms with Gasteiger partial charge in [0.15, 0.2) is 4.80 Å². The van der Waals surface area contributed by atoms with Crippen LogP contribution in [0.1, 0.15) is 38.1 Å². The number of benzene rings is 2. The fourth-order valence-electron chi connectivity index (χ4n) is 4.81. The molecule has 2 heterocycles. The predicted octanol–water partition coefficient (Wildman–Crippen LogP) is 4.98. The maximum absolute atomic E-state index is 13.0. The average Bonchev–Trinajstić information content (AvgIpc) is 3.33. The first kappa shape index (κ1) is 24.2. The first-order valence-electron chi connectivity index (χ1n) is 12.1.